The van der Waals surface area contributed by atoms with E-state index in [2.05, 4.69) is 5.32 Å². The van der Waals surface area contributed by atoms with Crippen molar-refractivity contribution in [2.24, 2.45) is 5.73 Å². The summed E-state index contributed by atoms with van der Waals surface area (Å²) in [6.45, 7) is 6.20. The Morgan fingerprint density at radius 1 is 1.39 bits per heavy atom. The van der Waals surface area contributed by atoms with Gasteiger partial charge in [0.25, 0.3) is 5.91 Å². The first-order valence-electron chi connectivity index (χ1n) is 6.30. The Labute approximate surface area is 108 Å². The zero-order valence-corrected chi connectivity index (χ0v) is 11.3. The average molecular weight is 250 g/mol. The molecule has 0 aliphatic heterocycles. The number of hydrogen-bond acceptors (Lipinski definition) is 3. The summed E-state index contributed by atoms with van der Waals surface area (Å²) in [5.74, 6) is -0.0616. The van der Waals surface area contributed by atoms with Crippen LogP contribution in [-0.4, -0.2) is 23.1 Å². The molecule has 18 heavy (non-hydrogen) atoms. The van der Waals surface area contributed by atoms with Crippen LogP contribution < -0.4 is 11.1 Å². The zero-order valence-electron chi connectivity index (χ0n) is 11.3. The first-order chi connectivity index (χ1) is 8.48. The number of hydrogen-bond donors (Lipinski definition) is 3. The highest BCUT2D eigenvalue weighted by Gasteiger charge is 2.26. The van der Waals surface area contributed by atoms with Gasteiger partial charge in [0.05, 0.1) is 5.54 Å². The number of phenols is 1. The summed E-state index contributed by atoms with van der Waals surface area (Å²) in [5.41, 5.74) is 6.59. The Hall–Kier alpha value is -1.55. The maximum absolute atomic E-state index is 12.1. The number of carbonyl (C=O) groups excluding carboxylic acids is 1. The molecule has 0 fully saturated rings. The average Bonchev–Trinajstić information content (AvgIpc) is 2.39. The van der Waals surface area contributed by atoms with Gasteiger partial charge in [-0.1, -0.05) is 19.9 Å². The van der Waals surface area contributed by atoms with Crippen LogP contribution in [0.4, 0.5) is 0 Å². The standard InChI is InChI=1S/C14H22N2O2/c1-4-14(5-2,9-15)16-13(18)11-7-6-10(3)12(17)8-11/h6-8,17H,4-5,9,15H2,1-3H3,(H,16,18). The number of benzene rings is 1. The fraction of sp³-hybridized carbons (Fsp3) is 0.500. The Morgan fingerprint density at radius 3 is 2.44 bits per heavy atom. The van der Waals surface area contributed by atoms with Crippen molar-refractivity contribution in [2.75, 3.05) is 6.54 Å². The van der Waals surface area contributed by atoms with Gasteiger partial charge in [-0.25, -0.2) is 0 Å². The van der Waals surface area contributed by atoms with E-state index in [4.69, 9.17) is 5.73 Å². The van der Waals surface area contributed by atoms with Crippen LogP contribution >= 0.6 is 0 Å². The molecule has 0 saturated heterocycles. The maximum atomic E-state index is 12.1. The summed E-state index contributed by atoms with van der Waals surface area (Å²) in [4.78, 5) is 12.1. The van der Waals surface area contributed by atoms with Crippen molar-refractivity contribution in [2.45, 2.75) is 39.2 Å². The highest BCUT2D eigenvalue weighted by Crippen LogP contribution is 2.19. The van der Waals surface area contributed by atoms with Crippen LogP contribution in [0.15, 0.2) is 18.2 Å². The molecule has 0 saturated carbocycles. The second-order valence-corrected chi connectivity index (χ2v) is 4.65. The van der Waals surface area contributed by atoms with E-state index in [1.807, 2.05) is 13.8 Å². The smallest absolute Gasteiger partial charge is 0.251 e. The number of nitrogens with two attached hydrogens (primary N) is 1. The highest BCUT2D eigenvalue weighted by molar-refractivity contribution is 5.95. The molecule has 1 aromatic rings. The van der Waals surface area contributed by atoms with Crippen LogP contribution in [0.2, 0.25) is 0 Å². The lowest BCUT2D eigenvalue weighted by molar-refractivity contribution is 0.0895. The molecule has 1 amide bonds. The Bertz CT molecular complexity index is 418. The number of phenolic OH excluding ortho intramolecular Hbond substituents is 1. The van der Waals surface area contributed by atoms with Gasteiger partial charge >= 0.3 is 0 Å². The van der Waals surface area contributed by atoms with Crippen LogP contribution in [0.25, 0.3) is 0 Å². The maximum Gasteiger partial charge on any atom is 0.251 e. The van der Waals surface area contributed by atoms with Crippen LogP contribution in [-0.2, 0) is 0 Å². The molecule has 0 unspecified atom stereocenters. The molecule has 0 bridgehead atoms. The molecule has 0 aliphatic carbocycles. The number of aryl methyl sites for hydroxylation is 1. The predicted molar refractivity (Wildman–Crippen MR) is 72.7 cm³/mol. The molecule has 4 heteroatoms. The van der Waals surface area contributed by atoms with Crippen LogP contribution in [0.5, 0.6) is 5.75 Å². The third kappa shape index (κ3) is 3.01. The van der Waals surface area contributed by atoms with E-state index in [1.165, 1.54) is 6.07 Å². The molecule has 0 aromatic heterocycles. The summed E-state index contributed by atoms with van der Waals surface area (Å²) in [6.07, 6.45) is 1.56. The number of nitrogens with one attached hydrogen (secondary N) is 1. The van der Waals surface area contributed by atoms with Gasteiger partial charge in [0, 0.05) is 12.1 Å². The van der Waals surface area contributed by atoms with Crippen LogP contribution in [0, 0.1) is 6.92 Å². The van der Waals surface area contributed by atoms with Gasteiger partial charge in [0.2, 0.25) is 0 Å². The van der Waals surface area contributed by atoms with Crippen LogP contribution in [0.3, 0.4) is 0 Å². The molecule has 1 aromatic carbocycles. The van der Waals surface area contributed by atoms with Gasteiger partial charge in [0.15, 0.2) is 0 Å². The van der Waals surface area contributed by atoms with Crippen molar-refractivity contribution in [1.82, 2.24) is 5.32 Å². The van der Waals surface area contributed by atoms with E-state index in [1.54, 1.807) is 19.1 Å². The third-order valence-electron chi connectivity index (χ3n) is 3.59. The van der Waals surface area contributed by atoms with Gasteiger partial charge in [-0.2, -0.15) is 0 Å². The van der Waals surface area contributed by atoms with Gasteiger partial charge in [0.1, 0.15) is 5.75 Å². The van der Waals surface area contributed by atoms with Crippen molar-refractivity contribution >= 4 is 5.91 Å². The normalized spacial score (nSPS) is 11.3. The first kappa shape index (κ1) is 14.5. The van der Waals surface area contributed by atoms with Crippen molar-refractivity contribution < 1.29 is 9.90 Å². The summed E-state index contributed by atoms with van der Waals surface area (Å²) >= 11 is 0. The van der Waals surface area contributed by atoms with E-state index < -0.39 is 0 Å². The second-order valence-electron chi connectivity index (χ2n) is 4.65. The molecule has 0 atom stereocenters. The minimum atomic E-state index is -0.364. The summed E-state index contributed by atoms with van der Waals surface area (Å²) < 4.78 is 0. The lowest BCUT2D eigenvalue weighted by atomic mass is 9.92. The number of aromatic hydroxyl groups is 1. The van der Waals surface area contributed by atoms with E-state index in [-0.39, 0.29) is 17.2 Å². The number of carbonyl (C=O) groups is 1. The lowest BCUT2D eigenvalue weighted by Gasteiger charge is -2.31. The Morgan fingerprint density at radius 2 is 2.00 bits per heavy atom. The molecule has 0 radical (unpaired) electrons. The minimum absolute atomic E-state index is 0.133. The van der Waals surface area contributed by atoms with Gasteiger partial charge in [-0.3, -0.25) is 4.79 Å². The molecule has 1 rings (SSSR count). The van der Waals surface area contributed by atoms with Gasteiger partial charge < -0.3 is 16.2 Å². The first-order valence-corrected chi connectivity index (χ1v) is 6.30. The molecule has 0 heterocycles. The topological polar surface area (TPSA) is 75.3 Å². The molecule has 100 valence electrons. The molecular formula is C14H22N2O2. The van der Waals surface area contributed by atoms with Crippen LogP contribution in [0.1, 0.15) is 42.6 Å². The third-order valence-corrected chi connectivity index (χ3v) is 3.59. The van der Waals surface area contributed by atoms with Gasteiger partial charge in [-0.05, 0) is 37.5 Å². The molecule has 0 spiro atoms. The van der Waals surface area contributed by atoms with Crippen molar-refractivity contribution in [3.8, 4) is 5.75 Å². The van der Waals surface area contributed by atoms with E-state index >= 15 is 0 Å². The Kier molecular flexibility index (Phi) is 4.73. The SMILES string of the molecule is CCC(CC)(CN)NC(=O)c1ccc(C)c(O)c1. The molecule has 0 aliphatic rings. The summed E-state index contributed by atoms with van der Waals surface area (Å²) in [7, 11) is 0. The van der Waals surface area contributed by atoms with Crippen molar-refractivity contribution in [1.29, 1.82) is 0 Å². The summed E-state index contributed by atoms with van der Waals surface area (Å²) in [6, 6.07) is 4.92. The molecule has 4 N–H and O–H groups in total. The number of rotatable bonds is 5. The lowest BCUT2D eigenvalue weighted by Crippen LogP contribution is -2.52. The predicted octanol–water partition coefficient (Wildman–Crippen LogP) is 1.95. The second kappa shape index (κ2) is 5.87. The van der Waals surface area contributed by atoms with Gasteiger partial charge in [-0.15, -0.1) is 0 Å². The van der Waals surface area contributed by atoms with E-state index in [0.29, 0.717) is 12.1 Å². The van der Waals surface area contributed by atoms with Crippen molar-refractivity contribution in [3.05, 3.63) is 29.3 Å². The fourth-order valence-electron chi connectivity index (χ4n) is 1.83. The number of amides is 1. The fourth-order valence-corrected chi connectivity index (χ4v) is 1.83. The minimum Gasteiger partial charge on any atom is -0.508 e. The zero-order chi connectivity index (χ0) is 13.8. The largest absolute Gasteiger partial charge is 0.508 e. The quantitative estimate of drug-likeness (QED) is 0.747. The summed E-state index contributed by atoms with van der Waals surface area (Å²) in [5, 5.41) is 12.6. The monoisotopic (exact) mass is 250 g/mol. The molecule has 4 nitrogen and oxygen atoms in total. The van der Waals surface area contributed by atoms with E-state index in [0.717, 1.165) is 18.4 Å². The van der Waals surface area contributed by atoms with Crippen molar-refractivity contribution in [3.63, 3.8) is 0 Å². The highest BCUT2D eigenvalue weighted by atomic mass is 16.3. The Balaban J connectivity index is 2.90. The van der Waals surface area contributed by atoms with E-state index in [9.17, 15) is 9.90 Å². The molecular weight excluding hydrogens is 228 g/mol.